The van der Waals surface area contributed by atoms with E-state index in [9.17, 15) is 0 Å². The fraction of sp³-hybridized carbons (Fsp3) is 1.00. The Morgan fingerprint density at radius 2 is 2.13 bits per heavy atom. The monoisotopic (exact) mass is 213 g/mol. The quantitative estimate of drug-likeness (QED) is 0.701. The van der Waals surface area contributed by atoms with Crippen LogP contribution in [0, 0.1) is 0 Å². The van der Waals surface area contributed by atoms with E-state index in [1.807, 2.05) is 0 Å². The van der Waals surface area contributed by atoms with Gasteiger partial charge in [0.2, 0.25) is 0 Å². The highest BCUT2D eigenvalue weighted by molar-refractivity contribution is 4.70. The van der Waals surface area contributed by atoms with Crippen LogP contribution >= 0.6 is 0 Å². The van der Waals surface area contributed by atoms with Gasteiger partial charge in [0.15, 0.2) is 0 Å². The molecule has 0 bridgehead atoms. The molecule has 0 radical (unpaired) electrons. The molecule has 1 aliphatic heterocycles. The van der Waals surface area contributed by atoms with Crippen LogP contribution in [0.2, 0.25) is 0 Å². The maximum absolute atomic E-state index is 5.76. The van der Waals surface area contributed by atoms with Crippen molar-refractivity contribution in [1.82, 2.24) is 5.32 Å². The van der Waals surface area contributed by atoms with E-state index in [0.29, 0.717) is 12.1 Å². The first-order valence-corrected chi connectivity index (χ1v) is 6.71. The predicted octanol–water partition coefficient (Wildman–Crippen LogP) is 3.11. The summed E-state index contributed by atoms with van der Waals surface area (Å²) in [5.41, 5.74) is 0. The molecule has 0 amide bonds. The van der Waals surface area contributed by atoms with E-state index in [-0.39, 0.29) is 0 Å². The molecule has 90 valence electrons. The Balaban J connectivity index is 2.13. The average Bonchev–Trinajstić information content (AvgIpc) is 2.28. The lowest BCUT2D eigenvalue weighted by atomic mass is 9.99. The maximum atomic E-state index is 5.76. The minimum atomic E-state index is 0.553. The first-order valence-electron chi connectivity index (χ1n) is 6.71. The van der Waals surface area contributed by atoms with Gasteiger partial charge in [-0.15, -0.1) is 0 Å². The van der Waals surface area contributed by atoms with Crippen LogP contribution in [-0.4, -0.2) is 25.3 Å². The summed E-state index contributed by atoms with van der Waals surface area (Å²) >= 11 is 0. The zero-order valence-electron chi connectivity index (χ0n) is 10.4. The van der Waals surface area contributed by atoms with Gasteiger partial charge in [-0.05, 0) is 45.1 Å². The second-order valence-corrected chi connectivity index (χ2v) is 4.61. The summed E-state index contributed by atoms with van der Waals surface area (Å²) in [7, 11) is 0. The zero-order chi connectivity index (χ0) is 10.9. The van der Waals surface area contributed by atoms with E-state index in [2.05, 4.69) is 19.2 Å². The van der Waals surface area contributed by atoms with Gasteiger partial charge in [0, 0.05) is 12.6 Å². The lowest BCUT2D eigenvalue weighted by Crippen LogP contribution is -2.30. The summed E-state index contributed by atoms with van der Waals surface area (Å²) in [4.78, 5) is 0. The first kappa shape index (κ1) is 13.0. The Labute approximate surface area is 94.8 Å². The van der Waals surface area contributed by atoms with Crippen LogP contribution in [0.25, 0.3) is 0 Å². The number of rotatable bonds is 7. The number of hydrogen-bond acceptors (Lipinski definition) is 2. The molecule has 2 nitrogen and oxygen atoms in total. The fourth-order valence-electron chi connectivity index (χ4n) is 2.41. The summed E-state index contributed by atoms with van der Waals surface area (Å²) in [6.07, 6.45) is 9.59. The molecular formula is C13H27NO. The highest BCUT2D eigenvalue weighted by atomic mass is 16.5. The standard InChI is InChI=1S/C13H27NO/c1-3-7-12(14-4-2)9-10-13-8-5-6-11-15-13/h12-14H,3-11H2,1-2H3. The smallest absolute Gasteiger partial charge is 0.0575 e. The van der Waals surface area contributed by atoms with Crippen LogP contribution in [-0.2, 0) is 4.74 Å². The Morgan fingerprint density at radius 3 is 2.73 bits per heavy atom. The molecule has 1 saturated heterocycles. The SMILES string of the molecule is CCCC(CCC1CCCCO1)NCC. The molecule has 0 aromatic rings. The first-order chi connectivity index (χ1) is 7.36. The lowest BCUT2D eigenvalue weighted by Gasteiger charge is -2.25. The average molecular weight is 213 g/mol. The van der Waals surface area contributed by atoms with E-state index in [4.69, 9.17) is 4.74 Å². The van der Waals surface area contributed by atoms with Gasteiger partial charge in [0.1, 0.15) is 0 Å². The summed E-state index contributed by atoms with van der Waals surface area (Å²) in [5.74, 6) is 0. The third-order valence-electron chi connectivity index (χ3n) is 3.24. The molecule has 0 aromatic carbocycles. The van der Waals surface area contributed by atoms with Crippen molar-refractivity contribution in [3.63, 3.8) is 0 Å². The van der Waals surface area contributed by atoms with Gasteiger partial charge in [0.05, 0.1) is 6.10 Å². The van der Waals surface area contributed by atoms with Crippen molar-refractivity contribution in [1.29, 1.82) is 0 Å². The molecular weight excluding hydrogens is 186 g/mol. The summed E-state index contributed by atoms with van der Waals surface area (Å²) < 4.78 is 5.76. The van der Waals surface area contributed by atoms with Crippen molar-refractivity contribution in [2.45, 2.75) is 70.9 Å². The van der Waals surface area contributed by atoms with Crippen LogP contribution < -0.4 is 5.32 Å². The molecule has 15 heavy (non-hydrogen) atoms. The van der Waals surface area contributed by atoms with Gasteiger partial charge in [-0.1, -0.05) is 20.3 Å². The Bertz CT molecular complexity index is 137. The lowest BCUT2D eigenvalue weighted by molar-refractivity contribution is 0.00846. The van der Waals surface area contributed by atoms with Crippen LogP contribution in [0.4, 0.5) is 0 Å². The number of hydrogen-bond donors (Lipinski definition) is 1. The normalized spacial score (nSPS) is 24.0. The van der Waals surface area contributed by atoms with Crippen molar-refractivity contribution >= 4 is 0 Å². The minimum Gasteiger partial charge on any atom is -0.378 e. The highest BCUT2D eigenvalue weighted by Crippen LogP contribution is 2.18. The Morgan fingerprint density at radius 1 is 1.27 bits per heavy atom. The third-order valence-corrected chi connectivity index (χ3v) is 3.24. The van der Waals surface area contributed by atoms with Crippen molar-refractivity contribution in [2.75, 3.05) is 13.2 Å². The summed E-state index contributed by atoms with van der Waals surface area (Å²) in [5, 5.41) is 3.57. The molecule has 2 heteroatoms. The number of nitrogens with one attached hydrogen (secondary N) is 1. The fourth-order valence-corrected chi connectivity index (χ4v) is 2.41. The molecule has 1 fully saturated rings. The molecule has 1 heterocycles. The highest BCUT2D eigenvalue weighted by Gasteiger charge is 2.15. The molecule has 0 saturated carbocycles. The summed E-state index contributed by atoms with van der Waals surface area (Å²) in [6, 6.07) is 0.713. The molecule has 0 spiro atoms. The van der Waals surface area contributed by atoms with E-state index in [0.717, 1.165) is 13.2 Å². The van der Waals surface area contributed by atoms with Crippen LogP contribution in [0.1, 0.15) is 58.8 Å². The van der Waals surface area contributed by atoms with Crippen LogP contribution in [0.5, 0.6) is 0 Å². The molecule has 1 aliphatic rings. The van der Waals surface area contributed by atoms with Gasteiger partial charge in [-0.25, -0.2) is 0 Å². The maximum Gasteiger partial charge on any atom is 0.0575 e. The molecule has 0 aromatic heterocycles. The molecule has 2 unspecified atom stereocenters. The second-order valence-electron chi connectivity index (χ2n) is 4.61. The van der Waals surface area contributed by atoms with Gasteiger partial charge in [-0.2, -0.15) is 0 Å². The van der Waals surface area contributed by atoms with E-state index < -0.39 is 0 Å². The van der Waals surface area contributed by atoms with E-state index in [1.54, 1.807) is 0 Å². The van der Waals surface area contributed by atoms with Crippen molar-refractivity contribution in [3.05, 3.63) is 0 Å². The van der Waals surface area contributed by atoms with Crippen molar-refractivity contribution < 1.29 is 4.74 Å². The van der Waals surface area contributed by atoms with Crippen LogP contribution in [0.15, 0.2) is 0 Å². The van der Waals surface area contributed by atoms with Gasteiger partial charge >= 0.3 is 0 Å². The van der Waals surface area contributed by atoms with E-state index in [1.165, 1.54) is 44.9 Å². The summed E-state index contributed by atoms with van der Waals surface area (Å²) in [6.45, 7) is 6.54. The van der Waals surface area contributed by atoms with Crippen molar-refractivity contribution in [3.8, 4) is 0 Å². The van der Waals surface area contributed by atoms with Gasteiger partial charge in [0.25, 0.3) is 0 Å². The second kappa shape index (κ2) is 8.12. The minimum absolute atomic E-state index is 0.553. The molecule has 0 aliphatic carbocycles. The molecule has 1 rings (SSSR count). The zero-order valence-corrected chi connectivity index (χ0v) is 10.4. The largest absolute Gasteiger partial charge is 0.378 e. The van der Waals surface area contributed by atoms with E-state index >= 15 is 0 Å². The molecule has 2 atom stereocenters. The topological polar surface area (TPSA) is 21.3 Å². The Hall–Kier alpha value is -0.0800. The van der Waals surface area contributed by atoms with Crippen LogP contribution in [0.3, 0.4) is 0 Å². The van der Waals surface area contributed by atoms with Crippen molar-refractivity contribution in [2.24, 2.45) is 0 Å². The third kappa shape index (κ3) is 5.53. The van der Waals surface area contributed by atoms with Gasteiger partial charge in [-0.3, -0.25) is 0 Å². The number of ether oxygens (including phenoxy) is 1. The molecule has 1 N–H and O–H groups in total. The Kier molecular flexibility index (Phi) is 7.03. The predicted molar refractivity (Wildman–Crippen MR) is 65.2 cm³/mol. The van der Waals surface area contributed by atoms with Gasteiger partial charge < -0.3 is 10.1 Å².